The normalized spacial score (nSPS) is 9.96. The van der Waals surface area contributed by atoms with Crippen LogP contribution in [0.15, 0.2) is 41.8 Å². The Kier molecular flexibility index (Phi) is 5.87. The maximum Gasteiger partial charge on any atom is 0.325 e. The molecule has 1 aromatic heterocycles. The lowest BCUT2D eigenvalue weighted by Crippen LogP contribution is -2.31. The Balaban J connectivity index is 1.77. The van der Waals surface area contributed by atoms with Gasteiger partial charge in [0.2, 0.25) is 5.78 Å². The number of ketones is 1. The molecule has 0 saturated heterocycles. The Morgan fingerprint density at radius 1 is 1.17 bits per heavy atom. The maximum atomic E-state index is 11.9. The van der Waals surface area contributed by atoms with Crippen molar-refractivity contribution in [3.63, 3.8) is 0 Å². The lowest BCUT2D eigenvalue weighted by atomic mass is 10.2. The van der Waals surface area contributed by atoms with Crippen molar-refractivity contribution in [2.24, 2.45) is 0 Å². The third-order valence-electron chi connectivity index (χ3n) is 2.89. The van der Waals surface area contributed by atoms with Gasteiger partial charge in [0.05, 0.1) is 12.0 Å². The Labute approximate surface area is 137 Å². The van der Waals surface area contributed by atoms with Gasteiger partial charge in [-0.25, -0.2) is 0 Å². The maximum absolute atomic E-state index is 11.9. The Morgan fingerprint density at radius 3 is 2.70 bits per heavy atom. The number of benzene rings is 1. The molecule has 0 bridgehead atoms. The molecule has 6 nitrogen and oxygen atoms in total. The van der Waals surface area contributed by atoms with Crippen LogP contribution in [0.1, 0.15) is 20.0 Å². The third-order valence-corrected chi connectivity index (χ3v) is 3.80. The number of amides is 1. The molecular formula is C16H15NO5S. The third kappa shape index (κ3) is 4.93. The van der Waals surface area contributed by atoms with Crippen LogP contribution in [-0.4, -0.2) is 37.9 Å². The second-order valence-corrected chi connectivity index (χ2v) is 5.42. The van der Waals surface area contributed by atoms with Gasteiger partial charge in [0.25, 0.3) is 5.91 Å². The summed E-state index contributed by atoms with van der Waals surface area (Å²) >= 11 is 1.28. The molecule has 23 heavy (non-hydrogen) atoms. The van der Waals surface area contributed by atoms with E-state index in [0.717, 1.165) is 0 Å². The molecule has 0 unspecified atom stereocenters. The van der Waals surface area contributed by atoms with Gasteiger partial charge in [0.1, 0.15) is 12.3 Å². The minimum absolute atomic E-state index is 0.271. The molecule has 120 valence electrons. The number of rotatable bonds is 7. The van der Waals surface area contributed by atoms with Gasteiger partial charge < -0.3 is 14.8 Å². The lowest BCUT2D eigenvalue weighted by molar-refractivity contribution is -0.141. The van der Waals surface area contributed by atoms with Crippen LogP contribution in [0.2, 0.25) is 0 Å². The molecule has 0 saturated carbocycles. The zero-order valence-electron chi connectivity index (χ0n) is 12.4. The minimum Gasteiger partial charge on any atom is -0.497 e. The summed E-state index contributed by atoms with van der Waals surface area (Å²) in [7, 11) is 1.50. The Hall–Kier alpha value is -2.67. The van der Waals surface area contributed by atoms with E-state index in [1.54, 1.807) is 41.8 Å². The Bertz CT molecular complexity index is 696. The fourth-order valence-corrected chi connectivity index (χ4v) is 2.38. The van der Waals surface area contributed by atoms with Crippen molar-refractivity contribution in [3.05, 3.63) is 52.2 Å². The van der Waals surface area contributed by atoms with Crippen LogP contribution in [0.5, 0.6) is 5.75 Å². The molecule has 2 rings (SSSR count). The number of Topliss-reactive ketones (excluding diaryl/α,β-unsaturated/α-hetero) is 1. The predicted octanol–water partition coefficient (Wildman–Crippen LogP) is 1.91. The molecule has 0 fully saturated rings. The van der Waals surface area contributed by atoms with Crippen molar-refractivity contribution in [2.45, 2.75) is 0 Å². The number of ether oxygens (including phenoxy) is 2. The molecule has 1 heterocycles. The first-order valence-electron chi connectivity index (χ1n) is 6.74. The van der Waals surface area contributed by atoms with E-state index < -0.39 is 11.9 Å². The van der Waals surface area contributed by atoms with E-state index in [2.05, 4.69) is 5.32 Å². The standard InChI is InChI=1S/C16H15NO5S/c1-21-12-5-2-4-11(8-12)16(20)17-9-15(19)22-10-13(18)14-6-3-7-23-14/h2-8H,9-10H2,1H3,(H,17,20). The molecule has 1 aromatic carbocycles. The molecule has 0 aliphatic heterocycles. The lowest BCUT2D eigenvalue weighted by Gasteiger charge is -2.07. The van der Waals surface area contributed by atoms with E-state index in [0.29, 0.717) is 16.2 Å². The fourth-order valence-electron chi connectivity index (χ4n) is 1.72. The van der Waals surface area contributed by atoms with Crippen LogP contribution in [0.4, 0.5) is 0 Å². The molecule has 0 spiro atoms. The average Bonchev–Trinajstić information content (AvgIpc) is 3.12. The largest absolute Gasteiger partial charge is 0.497 e. The summed E-state index contributed by atoms with van der Waals surface area (Å²) < 4.78 is 9.86. The van der Waals surface area contributed by atoms with Gasteiger partial charge in [-0.3, -0.25) is 14.4 Å². The van der Waals surface area contributed by atoms with Gasteiger partial charge >= 0.3 is 5.97 Å². The molecule has 0 aliphatic carbocycles. The van der Waals surface area contributed by atoms with Crippen molar-refractivity contribution in [1.29, 1.82) is 0 Å². The molecule has 1 N–H and O–H groups in total. The highest BCUT2D eigenvalue weighted by molar-refractivity contribution is 7.12. The number of hydrogen-bond donors (Lipinski definition) is 1. The molecular weight excluding hydrogens is 318 g/mol. The predicted molar refractivity (Wildman–Crippen MR) is 84.9 cm³/mol. The van der Waals surface area contributed by atoms with Gasteiger partial charge in [0.15, 0.2) is 6.61 Å². The van der Waals surface area contributed by atoms with Gasteiger partial charge in [-0.15, -0.1) is 11.3 Å². The zero-order chi connectivity index (χ0) is 16.7. The monoisotopic (exact) mass is 333 g/mol. The molecule has 1 amide bonds. The smallest absolute Gasteiger partial charge is 0.325 e. The molecule has 0 aliphatic rings. The van der Waals surface area contributed by atoms with Crippen LogP contribution < -0.4 is 10.1 Å². The topological polar surface area (TPSA) is 81.7 Å². The van der Waals surface area contributed by atoms with E-state index in [-0.39, 0.29) is 18.9 Å². The van der Waals surface area contributed by atoms with Gasteiger partial charge in [-0.05, 0) is 29.6 Å². The highest BCUT2D eigenvalue weighted by atomic mass is 32.1. The van der Waals surface area contributed by atoms with Crippen molar-refractivity contribution < 1.29 is 23.9 Å². The second kappa shape index (κ2) is 8.09. The van der Waals surface area contributed by atoms with Crippen molar-refractivity contribution in [2.75, 3.05) is 20.3 Å². The minimum atomic E-state index is -0.675. The number of carbonyl (C=O) groups excluding carboxylic acids is 3. The summed E-state index contributed by atoms with van der Waals surface area (Å²) in [4.78, 5) is 35.7. The summed E-state index contributed by atoms with van der Waals surface area (Å²) in [6.07, 6.45) is 0. The van der Waals surface area contributed by atoms with Crippen molar-refractivity contribution in [1.82, 2.24) is 5.32 Å². The highest BCUT2D eigenvalue weighted by Crippen LogP contribution is 2.12. The first-order valence-corrected chi connectivity index (χ1v) is 7.62. The number of esters is 1. The SMILES string of the molecule is COc1cccc(C(=O)NCC(=O)OCC(=O)c2cccs2)c1. The number of hydrogen-bond acceptors (Lipinski definition) is 6. The van der Waals surface area contributed by atoms with E-state index in [9.17, 15) is 14.4 Å². The van der Waals surface area contributed by atoms with Gasteiger partial charge in [-0.2, -0.15) is 0 Å². The van der Waals surface area contributed by atoms with E-state index in [1.807, 2.05) is 0 Å². The number of carbonyl (C=O) groups is 3. The van der Waals surface area contributed by atoms with Crippen molar-refractivity contribution >= 4 is 29.0 Å². The number of thiophene rings is 1. The average molecular weight is 333 g/mol. The van der Waals surface area contributed by atoms with E-state index in [4.69, 9.17) is 9.47 Å². The van der Waals surface area contributed by atoms with E-state index >= 15 is 0 Å². The molecule has 2 aromatic rings. The highest BCUT2D eigenvalue weighted by Gasteiger charge is 2.12. The summed E-state index contributed by atoms with van der Waals surface area (Å²) in [6.45, 7) is -0.651. The van der Waals surface area contributed by atoms with Crippen LogP contribution in [-0.2, 0) is 9.53 Å². The fraction of sp³-hybridized carbons (Fsp3) is 0.188. The van der Waals surface area contributed by atoms with Gasteiger partial charge in [0, 0.05) is 5.56 Å². The number of methoxy groups -OCH3 is 1. The molecule has 7 heteroatoms. The van der Waals surface area contributed by atoms with E-state index in [1.165, 1.54) is 18.4 Å². The quantitative estimate of drug-likeness (QED) is 0.618. The molecule has 0 radical (unpaired) electrons. The van der Waals surface area contributed by atoms with Crippen LogP contribution in [0.3, 0.4) is 0 Å². The van der Waals surface area contributed by atoms with Gasteiger partial charge in [-0.1, -0.05) is 12.1 Å². The Morgan fingerprint density at radius 2 is 2.00 bits per heavy atom. The van der Waals surface area contributed by atoms with Crippen molar-refractivity contribution in [3.8, 4) is 5.75 Å². The second-order valence-electron chi connectivity index (χ2n) is 4.48. The van der Waals surface area contributed by atoms with Crippen LogP contribution in [0.25, 0.3) is 0 Å². The van der Waals surface area contributed by atoms with Crippen LogP contribution in [0, 0.1) is 0 Å². The zero-order valence-corrected chi connectivity index (χ0v) is 13.2. The summed E-state index contributed by atoms with van der Waals surface area (Å²) in [5.41, 5.74) is 0.367. The summed E-state index contributed by atoms with van der Waals surface area (Å²) in [6, 6.07) is 9.94. The number of nitrogens with one attached hydrogen (secondary N) is 1. The summed E-state index contributed by atoms with van der Waals surface area (Å²) in [5, 5.41) is 4.20. The summed E-state index contributed by atoms with van der Waals surface area (Å²) in [5.74, 6) is -0.828. The first-order chi connectivity index (χ1) is 11.1. The molecule has 0 atom stereocenters. The first kappa shape index (κ1) is 16.7. The van der Waals surface area contributed by atoms with Crippen LogP contribution >= 0.6 is 11.3 Å².